The number of aromatic nitrogens is 1. The number of benzene rings is 12. The van der Waals surface area contributed by atoms with Crippen LogP contribution in [0, 0.1) is 0 Å². The Bertz CT molecular complexity index is 4090. The molecular weight excluding hydrogens is 833 g/mol. The van der Waals surface area contributed by atoms with E-state index < -0.39 is 5.41 Å². The van der Waals surface area contributed by atoms with Crippen LogP contribution < -0.4 is 4.90 Å². The summed E-state index contributed by atoms with van der Waals surface area (Å²) in [5.41, 5.74) is 16.1. The van der Waals surface area contributed by atoms with Crippen molar-refractivity contribution >= 4 is 71.2 Å². The number of rotatable bonds is 7. The molecule has 1 heterocycles. The fraction of sp³-hybridized carbons (Fsp3) is 0.0149. The van der Waals surface area contributed by atoms with Crippen molar-refractivity contribution in [2.75, 3.05) is 4.90 Å². The molecule has 0 amide bonds. The summed E-state index contributed by atoms with van der Waals surface area (Å²) in [7, 11) is 0. The van der Waals surface area contributed by atoms with Crippen molar-refractivity contribution in [1.29, 1.82) is 0 Å². The Morgan fingerprint density at radius 1 is 0.304 bits per heavy atom. The predicted molar refractivity (Wildman–Crippen MR) is 291 cm³/mol. The minimum Gasteiger partial charge on any atom is -0.310 e. The first-order valence-corrected chi connectivity index (χ1v) is 23.9. The van der Waals surface area contributed by atoms with Crippen LogP contribution in [0.1, 0.15) is 22.3 Å². The minimum absolute atomic E-state index is 0.615. The molecule has 0 radical (unpaired) electrons. The second kappa shape index (κ2) is 15.6. The molecule has 0 fully saturated rings. The number of hydrogen-bond acceptors (Lipinski definition) is 1. The van der Waals surface area contributed by atoms with Crippen LogP contribution in [0.3, 0.4) is 0 Å². The van der Waals surface area contributed by atoms with Crippen molar-refractivity contribution in [1.82, 2.24) is 4.57 Å². The van der Waals surface area contributed by atoms with Gasteiger partial charge < -0.3 is 9.47 Å². The highest BCUT2D eigenvalue weighted by molar-refractivity contribution is 6.19. The molecule has 0 aliphatic heterocycles. The quantitative estimate of drug-likeness (QED) is 0.155. The molecule has 14 rings (SSSR count). The van der Waals surface area contributed by atoms with E-state index in [9.17, 15) is 0 Å². The summed E-state index contributed by atoms with van der Waals surface area (Å²) >= 11 is 0. The highest BCUT2D eigenvalue weighted by atomic mass is 15.1. The third-order valence-corrected chi connectivity index (χ3v) is 14.8. The number of fused-ring (bicyclic) bond motifs is 10. The maximum atomic E-state index is 2.49. The molecule has 69 heavy (non-hydrogen) atoms. The number of hydrogen-bond donors (Lipinski definition) is 0. The number of anilines is 3. The molecule has 0 unspecified atom stereocenters. The Morgan fingerprint density at radius 2 is 0.783 bits per heavy atom. The lowest BCUT2D eigenvalue weighted by atomic mass is 9.67. The van der Waals surface area contributed by atoms with Gasteiger partial charge in [-0.15, -0.1) is 0 Å². The summed E-state index contributed by atoms with van der Waals surface area (Å²) in [4.78, 5) is 2.47. The largest absolute Gasteiger partial charge is 0.310 e. The zero-order chi connectivity index (χ0) is 45.5. The van der Waals surface area contributed by atoms with Gasteiger partial charge in [-0.2, -0.15) is 0 Å². The van der Waals surface area contributed by atoms with Crippen LogP contribution >= 0.6 is 0 Å². The maximum absolute atomic E-state index is 2.49. The van der Waals surface area contributed by atoms with E-state index in [0.717, 1.165) is 28.3 Å². The molecule has 1 aromatic heterocycles. The summed E-state index contributed by atoms with van der Waals surface area (Å²) in [6.07, 6.45) is 0. The van der Waals surface area contributed by atoms with Gasteiger partial charge in [-0.25, -0.2) is 0 Å². The van der Waals surface area contributed by atoms with Gasteiger partial charge in [0.25, 0.3) is 0 Å². The van der Waals surface area contributed by atoms with Crippen LogP contribution in [0.5, 0.6) is 0 Å². The van der Waals surface area contributed by atoms with Gasteiger partial charge in [0, 0.05) is 38.9 Å². The lowest BCUT2D eigenvalue weighted by Gasteiger charge is -2.35. The SMILES string of the molecule is c1ccc(-n2c3cc(N(c4ccc5c(c4)C(c4ccccc4)(c4ccccc4)c4cc(-c6ccc7ccccc7c6)ccc4-5)c4ccc5ccccc5c4)ccc3c3ccc4ccccc4c32)cc1. The van der Waals surface area contributed by atoms with Gasteiger partial charge in [-0.3, -0.25) is 0 Å². The van der Waals surface area contributed by atoms with Crippen LogP contribution in [0.15, 0.2) is 267 Å². The van der Waals surface area contributed by atoms with Gasteiger partial charge in [-0.1, -0.05) is 206 Å². The third kappa shape index (κ3) is 6.06. The first kappa shape index (κ1) is 39.2. The van der Waals surface area contributed by atoms with Gasteiger partial charge in [-0.05, 0) is 132 Å². The third-order valence-electron chi connectivity index (χ3n) is 14.8. The summed E-state index contributed by atoms with van der Waals surface area (Å²) in [6.45, 7) is 0. The smallest absolute Gasteiger partial charge is 0.0714 e. The van der Waals surface area contributed by atoms with Gasteiger partial charge in [0.1, 0.15) is 0 Å². The standard InChI is InChI=1S/C67H44N2/c1-4-21-52(22-5-1)67(53-23-6-2-7-24-53)63-42-51(50-29-28-45-16-10-12-19-48(45)40-50)32-36-59(63)60-38-34-56(43-64(60)67)68(55-33-30-46-17-11-13-20-49(46)41-55)57-35-39-61-62-37-31-47-18-14-15-27-58(47)66(62)69(65(61)44-57)54-25-8-3-9-26-54/h1-44H. The molecule has 0 spiro atoms. The van der Waals surface area contributed by atoms with Gasteiger partial charge in [0.15, 0.2) is 0 Å². The second-order valence-corrected chi connectivity index (χ2v) is 18.5. The van der Waals surface area contributed by atoms with Crippen molar-refractivity contribution in [3.8, 4) is 27.9 Å². The molecule has 0 bridgehead atoms. The van der Waals surface area contributed by atoms with Crippen molar-refractivity contribution in [3.05, 3.63) is 289 Å². The second-order valence-electron chi connectivity index (χ2n) is 18.5. The fourth-order valence-corrected chi connectivity index (χ4v) is 11.7. The number of para-hydroxylation sites is 1. The van der Waals surface area contributed by atoms with Crippen molar-refractivity contribution in [2.45, 2.75) is 5.41 Å². The molecule has 0 saturated carbocycles. The van der Waals surface area contributed by atoms with Crippen LogP contribution in [0.25, 0.3) is 82.1 Å². The average molecular weight is 877 g/mol. The maximum Gasteiger partial charge on any atom is 0.0714 e. The van der Waals surface area contributed by atoms with E-state index in [2.05, 4.69) is 276 Å². The minimum atomic E-state index is -0.615. The summed E-state index contributed by atoms with van der Waals surface area (Å²) < 4.78 is 2.47. The van der Waals surface area contributed by atoms with E-state index in [1.54, 1.807) is 0 Å². The lowest BCUT2D eigenvalue weighted by Crippen LogP contribution is -2.28. The molecule has 1 aliphatic rings. The van der Waals surface area contributed by atoms with E-state index in [1.165, 1.54) is 93.1 Å². The lowest BCUT2D eigenvalue weighted by molar-refractivity contribution is 0.768. The Morgan fingerprint density at radius 3 is 1.51 bits per heavy atom. The molecule has 1 aliphatic carbocycles. The summed E-state index contributed by atoms with van der Waals surface area (Å²) in [5.74, 6) is 0. The van der Waals surface area contributed by atoms with Crippen molar-refractivity contribution < 1.29 is 0 Å². The predicted octanol–water partition coefficient (Wildman–Crippen LogP) is 17.7. The molecule has 12 aromatic carbocycles. The van der Waals surface area contributed by atoms with Crippen LogP contribution in [0.2, 0.25) is 0 Å². The summed E-state index contributed by atoms with van der Waals surface area (Å²) in [5, 5.41) is 9.83. The van der Waals surface area contributed by atoms with Gasteiger partial charge in [0.05, 0.1) is 16.4 Å². The first-order chi connectivity index (χ1) is 34.2. The highest BCUT2D eigenvalue weighted by Crippen LogP contribution is 2.58. The fourth-order valence-electron chi connectivity index (χ4n) is 11.7. The molecule has 13 aromatic rings. The number of nitrogens with zero attached hydrogens (tertiary/aromatic N) is 2. The summed E-state index contributed by atoms with van der Waals surface area (Å²) in [6, 6.07) is 99.0. The molecule has 2 heteroatoms. The highest BCUT2D eigenvalue weighted by Gasteiger charge is 2.46. The van der Waals surface area contributed by atoms with Crippen molar-refractivity contribution in [2.24, 2.45) is 0 Å². The normalized spacial score (nSPS) is 12.8. The molecule has 0 saturated heterocycles. The van der Waals surface area contributed by atoms with E-state index in [1.807, 2.05) is 0 Å². The van der Waals surface area contributed by atoms with E-state index in [0.29, 0.717) is 0 Å². The van der Waals surface area contributed by atoms with Gasteiger partial charge in [0.2, 0.25) is 0 Å². The molecule has 0 atom stereocenters. The molecule has 0 N–H and O–H groups in total. The first-order valence-electron chi connectivity index (χ1n) is 23.9. The molecule has 2 nitrogen and oxygen atoms in total. The Balaban J connectivity index is 1.04. The monoisotopic (exact) mass is 876 g/mol. The Labute approximate surface area is 401 Å². The zero-order valence-corrected chi connectivity index (χ0v) is 37.8. The Hall–Kier alpha value is -8.98. The zero-order valence-electron chi connectivity index (χ0n) is 37.8. The molecule has 322 valence electrons. The topological polar surface area (TPSA) is 8.17 Å². The van der Waals surface area contributed by atoms with Crippen LogP contribution in [-0.2, 0) is 5.41 Å². The van der Waals surface area contributed by atoms with E-state index in [-0.39, 0.29) is 0 Å². The van der Waals surface area contributed by atoms with E-state index >= 15 is 0 Å². The van der Waals surface area contributed by atoms with Crippen LogP contribution in [-0.4, -0.2) is 4.57 Å². The van der Waals surface area contributed by atoms with Crippen LogP contribution in [0.4, 0.5) is 17.1 Å². The van der Waals surface area contributed by atoms with E-state index in [4.69, 9.17) is 0 Å². The average Bonchev–Trinajstić information content (AvgIpc) is 3.91. The van der Waals surface area contributed by atoms with Gasteiger partial charge >= 0.3 is 0 Å². The Kier molecular flexibility index (Phi) is 8.84. The molecular formula is C67H44N2. The van der Waals surface area contributed by atoms with Crippen molar-refractivity contribution in [3.63, 3.8) is 0 Å².